The van der Waals surface area contributed by atoms with Crippen molar-refractivity contribution >= 4 is 21.8 Å². The predicted octanol–water partition coefficient (Wildman–Crippen LogP) is 6.47. The maximum absolute atomic E-state index is 13.2. The number of nitrogens with zero attached hydrogens (tertiary/aromatic N) is 1. The van der Waals surface area contributed by atoms with Gasteiger partial charge in [0.15, 0.2) is 0 Å². The van der Waals surface area contributed by atoms with Crippen LogP contribution in [-0.4, -0.2) is 16.8 Å². The lowest BCUT2D eigenvalue weighted by atomic mass is 10.1. The molecule has 1 unspecified atom stereocenters. The highest BCUT2D eigenvalue weighted by Gasteiger charge is 2.21. The van der Waals surface area contributed by atoms with Crippen molar-refractivity contribution in [3.63, 3.8) is 0 Å². The Morgan fingerprint density at radius 2 is 1.69 bits per heavy atom. The monoisotopic (exact) mass is 451 g/mol. The summed E-state index contributed by atoms with van der Waals surface area (Å²) in [6.45, 7) is 5.26. The fraction of sp³-hybridized carbons (Fsp3) is 0.240. The van der Waals surface area contributed by atoms with Crippen molar-refractivity contribution in [2.45, 2.75) is 39.5 Å². The van der Waals surface area contributed by atoms with Crippen LogP contribution in [0, 0.1) is 0 Å². The molecule has 3 aromatic rings. The summed E-state index contributed by atoms with van der Waals surface area (Å²) in [7, 11) is 0. The lowest BCUT2D eigenvalue weighted by Crippen LogP contribution is -2.37. The van der Waals surface area contributed by atoms with Gasteiger partial charge in [0.05, 0.1) is 0 Å². The van der Waals surface area contributed by atoms with Gasteiger partial charge in [0.2, 0.25) is 0 Å². The third-order valence-electron chi connectivity index (χ3n) is 4.96. The number of hydrogen-bond acceptors (Lipinski definition) is 2. The Morgan fingerprint density at radius 3 is 2.41 bits per heavy atom. The number of benzene rings is 3. The molecule has 0 bridgehead atoms. The molecule has 0 saturated heterocycles. The molecule has 3 rings (SSSR count). The minimum Gasteiger partial charge on any atom is -0.489 e. The summed E-state index contributed by atoms with van der Waals surface area (Å²) in [5, 5.41) is 0. The highest BCUT2D eigenvalue weighted by Crippen LogP contribution is 2.21. The summed E-state index contributed by atoms with van der Waals surface area (Å²) in [5.41, 5.74) is 2.87. The molecule has 0 N–H and O–H groups in total. The zero-order chi connectivity index (χ0) is 20.6. The van der Waals surface area contributed by atoms with E-state index in [0.717, 1.165) is 27.8 Å². The summed E-state index contributed by atoms with van der Waals surface area (Å²) in [5.74, 6) is 0.849. The first-order valence-electron chi connectivity index (χ1n) is 9.89. The van der Waals surface area contributed by atoms with Crippen LogP contribution in [0.4, 0.5) is 0 Å². The topological polar surface area (TPSA) is 29.5 Å². The Kier molecular flexibility index (Phi) is 7.48. The average Bonchev–Trinajstić information content (AvgIpc) is 2.76. The zero-order valence-corrected chi connectivity index (χ0v) is 18.4. The van der Waals surface area contributed by atoms with Crippen LogP contribution in [0.2, 0.25) is 0 Å². The van der Waals surface area contributed by atoms with Crippen LogP contribution in [0.1, 0.15) is 41.8 Å². The number of rotatable bonds is 8. The van der Waals surface area contributed by atoms with Crippen LogP contribution in [0.5, 0.6) is 5.75 Å². The highest BCUT2D eigenvalue weighted by molar-refractivity contribution is 9.10. The number of carbonyl (C=O) groups is 1. The smallest absolute Gasteiger partial charge is 0.254 e. The van der Waals surface area contributed by atoms with Gasteiger partial charge in [0.25, 0.3) is 5.91 Å². The molecule has 0 fully saturated rings. The van der Waals surface area contributed by atoms with Crippen LogP contribution < -0.4 is 4.74 Å². The molecule has 0 spiro atoms. The van der Waals surface area contributed by atoms with Gasteiger partial charge in [0, 0.05) is 22.6 Å². The molecule has 0 heterocycles. The molecule has 0 aliphatic heterocycles. The fourth-order valence-electron chi connectivity index (χ4n) is 3.11. The van der Waals surface area contributed by atoms with E-state index >= 15 is 0 Å². The van der Waals surface area contributed by atoms with E-state index in [0.29, 0.717) is 18.7 Å². The van der Waals surface area contributed by atoms with E-state index in [1.165, 1.54) is 0 Å². The van der Waals surface area contributed by atoms with Crippen molar-refractivity contribution in [1.82, 2.24) is 4.90 Å². The molecule has 0 radical (unpaired) electrons. The van der Waals surface area contributed by atoms with Gasteiger partial charge in [-0.1, -0.05) is 71.4 Å². The van der Waals surface area contributed by atoms with Crippen LogP contribution in [-0.2, 0) is 13.2 Å². The lowest BCUT2D eigenvalue weighted by molar-refractivity contribution is 0.0671. The van der Waals surface area contributed by atoms with E-state index in [-0.39, 0.29) is 11.9 Å². The summed E-state index contributed by atoms with van der Waals surface area (Å²) in [6, 6.07) is 25.8. The van der Waals surface area contributed by atoms with Crippen molar-refractivity contribution in [2.75, 3.05) is 0 Å². The van der Waals surface area contributed by atoms with Gasteiger partial charge >= 0.3 is 0 Å². The average molecular weight is 452 g/mol. The Labute approximate surface area is 181 Å². The third-order valence-corrected chi connectivity index (χ3v) is 5.45. The van der Waals surface area contributed by atoms with E-state index in [2.05, 4.69) is 29.8 Å². The number of carbonyl (C=O) groups excluding carboxylic acids is 1. The summed E-state index contributed by atoms with van der Waals surface area (Å²) < 4.78 is 6.86. The predicted molar refractivity (Wildman–Crippen MR) is 121 cm³/mol. The van der Waals surface area contributed by atoms with Gasteiger partial charge < -0.3 is 9.64 Å². The van der Waals surface area contributed by atoms with E-state index < -0.39 is 0 Å². The Hall–Kier alpha value is -2.59. The van der Waals surface area contributed by atoms with Gasteiger partial charge in [-0.15, -0.1) is 0 Å². The van der Waals surface area contributed by atoms with Crippen molar-refractivity contribution < 1.29 is 9.53 Å². The molecule has 3 aromatic carbocycles. The molecule has 150 valence electrons. The Balaban J connectivity index is 1.74. The standard InChI is InChI=1S/C25H26BrNO2/c1-3-19(2)27(25(28)22-12-8-13-23(26)16-22)17-21-11-7-14-24(15-21)29-18-20-9-5-4-6-10-20/h4-16,19H,3,17-18H2,1-2H3. The molecule has 3 nitrogen and oxygen atoms in total. The number of ether oxygens (including phenoxy) is 1. The number of halogens is 1. The zero-order valence-electron chi connectivity index (χ0n) is 16.8. The van der Waals surface area contributed by atoms with Crippen LogP contribution in [0.25, 0.3) is 0 Å². The molecule has 1 amide bonds. The van der Waals surface area contributed by atoms with E-state index in [4.69, 9.17) is 4.74 Å². The first-order valence-corrected chi connectivity index (χ1v) is 10.7. The van der Waals surface area contributed by atoms with Crippen molar-refractivity contribution in [3.05, 3.63) is 100 Å². The van der Waals surface area contributed by atoms with Crippen molar-refractivity contribution in [1.29, 1.82) is 0 Å². The lowest BCUT2D eigenvalue weighted by Gasteiger charge is -2.29. The number of hydrogen-bond donors (Lipinski definition) is 0. The molecular weight excluding hydrogens is 426 g/mol. The summed E-state index contributed by atoms with van der Waals surface area (Å²) in [4.78, 5) is 15.1. The minimum atomic E-state index is 0.0382. The number of amides is 1. The third kappa shape index (κ3) is 5.94. The molecule has 4 heteroatoms. The van der Waals surface area contributed by atoms with Gasteiger partial charge in [-0.3, -0.25) is 4.79 Å². The minimum absolute atomic E-state index is 0.0382. The van der Waals surface area contributed by atoms with Gasteiger partial charge in [-0.2, -0.15) is 0 Å². The van der Waals surface area contributed by atoms with Gasteiger partial charge in [0.1, 0.15) is 12.4 Å². The quantitative estimate of drug-likeness (QED) is 0.392. The molecule has 0 saturated carbocycles. The molecule has 29 heavy (non-hydrogen) atoms. The summed E-state index contributed by atoms with van der Waals surface area (Å²) >= 11 is 3.46. The second-order valence-corrected chi connectivity index (χ2v) is 8.04. The Morgan fingerprint density at radius 1 is 0.966 bits per heavy atom. The Bertz CT molecular complexity index is 942. The molecular formula is C25H26BrNO2. The van der Waals surface area contributed by atoms with Gasteiger partial charge in [-0.25, -0.2) is 0 Å². The maximum atomic E-state index is 13.2. The second-order valence-electron chi connectivity index (χ2n) is 7.12. The van der Waals surface area contributed by atoms with E-state index in [9.17, 15) is 4.79 Å². The largest absolute Gasteiger partial charge is 0.489 e. The first-order chi connectivity index (χ1) is 14.1. The molecule has 0 aromatic heterocycles. The second kappa shape index (κ2) is 10.3. The SMILES string of the molecule is CCC(C)N(Cc1cccc(OCc2ccccc2)c1)C(=O)c1cccc(Br)c1. The molecule has 0 aliphatic carbocycles. The van der Waals surface area contributed by atoms with E-state index in [1.54, 1.807) is 0 Å². The van der Waals surface area contributed by atoms with Gasteiger partial charge in [-0.05, 0) is 54.8 Å². The van der Waals surface area contributed by atoms with Crippen LogP contribution in [0.15, 0.2) is 83.3 Å². The highest BCUT2D eigenvalue weighted by atomic mass is 79.9. The molecule has 0 aliphatic rings. The van der Waals surface area contributed by atoms with E-state index in [1.807, 2.05) is 83.8 Å². The summed E-state index contributed by atoms with van der Waals surface area (Å²) in [6.07, 6.45) is 0.893. The fourth-order valence-corrected chi connectivity index (χ4v) is 3.51. The van der Waals surface area contributed by atoms with Crippen molar-refractivity contribution in [2.24, 2.45) is 0 Å². The first kappa shape index (κ1) is 21.1. The normalized spacial score (nSPS) is 11.7. The maximum Gasteiger partial charge on any atom is 0.254 e. The van der Waals surface area contributed by atoms with Crippen LogP contribution >= 0.6 is 15.9 Å². The molecule has 1 atom stereocenters. The van der Waals surface area contributed by atoms with Crippen LogP contribution in [0.3, 0.4) is 0 Å². The van der Waals surface area contributed by atoms with Crippen molar-refractivity contribution in [3.8, 4) is 5.75 Å².